The fraction of sp³-hybridized carbons (Fsp3) is 0.417. The van der Waals surface area contributed by atoms with E-state index in [2.05, 4.69) is 0 Å². The Kier molecular flexibility index (Phi) is 5.53. The van der Waals surface area contributed by atoms with Crippen LogP contribution in [0.1, 0.15) is 11.7 Å². The van der Waals surface area contributed by atoms with Crippen molar-refractivity contribution in [2.45, 2.75) is 6.10 Å². The molecule has 0 amide bonds. The average Bonchev–Trinajstić information content (AvgIpc) is 2.35. The summed E-state index contributed by atoms with van der Waals surface area (Å²) in [5.74, 6) is -0.401. The van der Waals surface area contributed by atoms with E-state index in [1.807, 2.05) is 30.3 Å². The van der Waals surface area contributed by atoms with Crippen molar-refractivity contribution in [1.82, 2.24) is 0 Å². The first-order valence-corrected chi connectivity index (χ1v) is 5.03. The Hall–Kier alpha value is -1.39. The van der Waals surface area contributed by atoms with Gasteiger partial charge in [-0.05, 0) is 5.56 Å². The predicted molar refractivity (Wildman–Crippen MR) is 59.0 cm³/mol. The molecular weight excluding hydrogens is 208 g/mol. The van der Waals surface area contributed by atoms with E-state index < -0.39 is 12.1 Å². The van der Waals surface area contributed by atoms with Gasteiger partial charge in [0, 0.05) is 7.11 Å². The maximum absolute atomic E-state index is 11.5. The summed E-state index contributed by atoms with van der Waals surface area (Å²) in [7, 11) is 2.93. The van der Waals surface area contributed by atoms with Gasteiger partial charge in [-0.15, -0.1) is 0 Å². The summed E-state index contributed by atoms with van der Waals surface area (Å²) in [6, 6.07) is 9.24. The van der Waals surface area contributed by atoms with Gasteiger partial charge >= 0.3 is 5.97 Å². The molecule has 0 aliphatic rings. The number of hydrogen-bond acceptors (Lipinski definition) is 4. The van der Waals surface area contributed by atoms with E-state index in [1.54, 1.807) is 7.11 Å². The summed E-state index contributed by atoms with van der Waals surface area (Å²) in [5.41, 5.74) is 0.783. The smallest absolute Gasteiger partial charge is 0.339 e. The molecule has 1 aromatic rings. The zero-order valence-corrected chi connectivity index (χ0v) is 9.51. The standard InChI is InChI=1S/C12H16O4/c1-14-8-9-16-11(12(13)15-2)10-6-4-3-5-7-10/h3-7,11H,8-9H2,1-2H3. The zero-order valence-electron chi connectivity index (χ0n) is 9.51. The minimum atomic E-state index is -0.679. The second-order valence-electron chi connectivity index (χ2n) is 3.18. The Morgan fingerprint density at radius 1 is 1.19 bits per heavy atom. The number of rotatable bonds is 6. The Labute approximate surface area is 95.1 Å². The van der Waals surface area contributed by atoms with Crippen molar-refractivity contribution in [2.24, 2.45) is 0 Å². The van der Waals surface area contributed by atoms with Crippen LogP contribution in [-0.2, 0) is 19.0 Å². The highest BCUT2D eigenvalue weighted by Crippen LogP contribution is 2.18. The number of methoxy groups -OCH3 is 2. The monoisotopic (exact) mass is 224 g/mol. The zero-order chi connectivity index (χ0) is 11.8. The van der Waals surface area contributed by atoms with Crippen LogP contribution in [0.15, 0.2) is 30.3 Å². The number of ether oxygens (including phenoxy) is 3. The molecule has 1 rings (SSSR count). The molecule has 0 aromatic heterocycles. The largest absolute Gasteiger partial charge is 0.467 e. The number of esters is 1. The number of hydrogen-bond donors (Lipinski definition) is 0. The highest BCUT2D eigenvalue weighted by Gasteiger charge is 2.21. The van der Waals surface area contributed by atoms with Crippen LogP contribution < -0.4 is 0 Å². The van der Waals surface area contributed by atoms with Crippen molar-refractivity contribution in [3.8, 4) is 0 Å². The van der Waals surface area contributed by atoms with Gasteiger partial charge in [0.1, 0.15) is 0 Å². The predicted octanol–water partition coefficient (Wildman–Crippen LogP) is 1.56. The molecule has 1 unspecified atom stereocenters. The van der Waals surface area contributed by atoms with Crippen LogP contribution in [0, 0.1) is 0 Å². The van der Waals surface area contributed by atoms with Crippen molar-refractivity contribution >= 4 is 5.97 Å². The summed E-state index contributed by atoms with van der Waals surface area (Å²) in [4.78, 5) is 11.5. The molecule has 0 spiro atoms. The van der Waals surface area contributed by atoms with Crippen LogP contribution in [0.25, 0.3) is 0 Å². The number of benzene rings is 1. The van der Waals surface area contributed by atoms with Gasteiger partial charge in [0.25, 0.3) is 0 Å². The Morgan fingerprint density at radius 2 is 1.88 bits per heavy atom. The summed E-state index contributed by atoms with van der Waals surface area (Å²) in [6.07, 6.45) is -0.679. The first kappa shape index (κ1) is 12.7. The first-order chi connectivity index (χ1) is 7.79. The van der Waals surface area contributed by atoms with Gasteiger partial charge in [-0.25, -0.2) is 4.79 Å². The average molecular weight is 224 g/mol. The summed E-state index contributed by atoms with van der Waals surface area (Å²) in [5, 5.41) is 0. The molecule has 0 fully saturated rings. The van der Waals surface area contributed by atoms with Crippen molar-refractivity contribution in [3.05, 3.63) is 35.9 Å². The van der Waals surface area contributed by atoms with Crippen LogP contribution in [0.2, 0.25) is 0 Å². The van der Waals surface area contributed by atoms with E-state index in [-0.39, 0.29) is 0 Å². The van der Waals surface area contributed by atoms with Crippen LogP contribution in [0.4, 0.5) is 0 Å². The van der Waals surface area contributed by atoms with E-state index >= 15 is 0 Å². The molecule has 0 aliphatic heterocycles. The molecule has 0 aliphatic carbocycles. The molecule has 4 heteroatoms. The van der Waals surface area contributed by atoms with Gasteiger partial charge in [-0.2, -0.15) is 0 Å². The molecule has 1 atom stereocenters. The normalized spacial score (nSPS) is 12.1. The fourth-order valence-electron chi connectivity index (χ4n) is 1.28. The third kappa shape index (κ3) is 3.64. The third-order valence-corrected chi connectivity index (χ3v) is 2.09. The molecule has 16 heavy (non-hydrogen) atoms. The fourth-order valence-corrected chi connectivity index (χ4v) is 1.28. The highest BCUT2D eigenvalue weighted by atomic mass is 16.6. The Bertz CT molecular complexity index is 310. The molecule has 0 radical (unpaired) electrons. The Morgan fingerprint density at radius 3 is 2.44 bits per heavy atom. The third-order valence-electron chi connectivity index (χ3n) is 2.09. The number of carbonyl (C=O) groups is 1. The van der Waals surface area contributed by atoms with Gasteiger partial charge in [0.05, 0.1) is 20.3 Å². The second kappa shape index (κ2) is 6.98. The topological polar surface area (TPSA) is 44.8 Å². The quantitative estimate of drug-likeness (QED) is 0.543. The second-order valence-corrected chi connectivity index (χ2v) is 3.18. The van der Waals surface area contributed by atoms with E-state index in [4.69, 9.17) is 14.2 Å². The summed E-state index contributed by atoms with van der Waals surface area (Å²) in [6.45, 7) is 0.797. The minimum Gasteiger partial charge on any atom is -0.467 e. The highest BCUT2D eigenvalue weighted by molar-refractivity contribution is 5.76. The van der Waals surface area contributed by atoms with Crippen LogP contribution in [-0.4, -0.2) is 33.4 Å². The summed E-state index contributed by atoms with van der Waals surface area (Å²) < 4.78 is 15.0. The van der Waals surface area contributed by atoms with Gasteiger partial charge in [-0.1, -0.05) is 30.3 Å². The van der Waals surface area contributed by atoms with Crippen molar-refractivity contribution in [1.29, 1.82) is 0 Å². The van der Waals surface area contributed by atoms with Gasteiger partial charge in [0.2, 0.25) is 0 Å². The lowest BCUT2D eigenvalue weighted by atomic mass is 10.1. The van der Waals surface area contributed by atoms with Gasteiger partial charge in [0.15, 0.2) is 6.10 Å². The van der Waals surface area contributed by atoms with E-state index in [9.17, 15) is 4.79 Å². The molecule has 1 aromatic carbocycles. The SMILES string of the molecule is COCCOC(C(=O)OC)c1ccccc1. The molecule has 0 saturated heterocycles. The van der Waals surface area contributed by atoms with E-state index in [1.165, 1.54) is 7.11 Å². The lowest BCUT2D eigenvalue weighted by molar-refractivity contribution is -0.155. The maximum Gasteiger partial charge on any atom is 0.339 e. The minimum absolute atomic E-state index is 0.352. The van der Waals surface area contributed by atoms with Gasteiger partial charge < -0.3 is 14.2 Å². The van der Waals surface area contributed by atoms with Crippen LogP contribution >= 0.6 is 0 Å². The maximum atomic E-state index is 11.5. The van der Waals surface area contributed by atoms with E-state index in [0.717, 1.165) is 5.56 Å². The number of carbonyl (C=O) groups excluding carboxylic acids is 1. The molecular formula is C12H16O4. The molecule has 88 valence electrons. The molecule has 0 saturated carbocycles. The Balaban J connectivity index is 2.68. The van der Waals surface area contributed by atoms with Crippen LogP contribution in [0.3, 0.4) is 0 Å². The van der Waals surface area contributed by atoms with E-state index in [0.29, 0.717) is 13.2 Å². The van der Waals surface area contributed by atoms with Crippen molar-refractivity contribution in [3.63, 3.8) is 0 Å². The van der Waals surface area contributed by atoms with Crippen molar-refractivity contribution in [2.75, 3.05) is 27.4 Å². The lowest BCUT2D eigenvalue weighted by Gasteiger charge is -2.15. The molecule has 4 nitrogen and oxygen atoms in total. The molecule has 0 bridgehead atoms. The summed E-state index contributed by atoms with van der Waals surface area (Å²) >= 11 is 0. The van der Waals surface area contributed by atoms with Crippen LogP contribution in [0.5, 0.6) is 0 Å². The van der Waals surface area contributed by atoms with Gasteiger partial charge in [-0.3, -0.25) is 0 Å². The first-order valence-electron chi connectivity index (χ1n) is 5.03. The molecule has 0 N–H and O–H groups in total. The molecule has 0 heterocycles. The lowest BCUT2D eigenvalue weighted by Crippen LogP contribution is -2.19. The van der Waals surface area contributed by atoms with Crippen molar-refractivity contribution < 1.29 is 19.0 Å².